The number of ether oxygens (including phenoxy) is 1. The molecule has 0 aliphatic carbocycles. The molecule has 0 aliphatic heterocycles. The summed E-state index contributed by atoms with van der Waals surface area (Å²) in [5.41, 5.74) is 0. The summed E-state index contributed by atoms with van der Waals surface area (Å²) in [5, 5.41) is 22.6. The normalized spacial score (nSPS) is 12.3. The molecular weight excluding hydrogens is 705 g/mol. The van der Waals surface area contributed by atoms with Crippen molar-refractivity contribution in [2.24, 2.45) is 0 Å². The van der Waals surface area contributed by atoms with E-state index in [0.29, 0.717) is 19.3 Å². The van der Waals surface area contributed by atoms with Crippen LogP contribution < -0.4 is 10.6 Å². The van der Waals surface area contributed by atoms with Gasteiger partial charge in [-0.2, -0.15) is 0 Å². The van der Waals surface area contributed by atoms with Gasteiger partial charge in [0.05, 0.1) is 13.2 Å². The third-order valence-corrected chi connectivity index (χ3v) is 11.1. The van der Waals surface area contributed by atoms with Gasteiger partial charge in [-0.1, -0.05) is 200 Å². The Balaban J connectivity index is 4.26. The molecular formula is C47H90N2O7. The number of nitrogens with one attached hydrogen (secondary N) is 2. The van der Waals surface area contributed by atoms with Gasteiger partial charge in [0.2, 0.25) is 11.8 Å². The number of carbonyl (C=O) groups is 4. The number of amides is 2. The van der Waals surface area contributed by atoms with Crippen molar-refractivity contribution in [2.75, 3.05) is 13.2 Å². The first-order chi connectivity index (χ1) is 27.3. The molecule has 0 aliphatic rings. The number of hydrogen-bond donors (Lipinski definition) is 4. The van der Waals surface area contributed by atoms with Gasteiger partial charge in [-0.3, -0.25) is 14.4 Å². The molecule has 0 aromatic heterocycles. The van der Waals surface area contributed by atoms with Crippen LogP contribution in [0.15, 0.2) is 0 Å². The van der Waals surface area contributed by atoms with E-state index >= 15 is 0 Å². The number of hydrogen-bond acceptors (Lipinski definition) is 6. The van der Waals surface area contributed by atoms with Crippen LogP contribution >= 0.6 is 0 Å². The highest BCUT2D eigenvalue weighted by Gasteiger charge is 2.19. The standard InChI is InChI=1S/C47H90N2O7/c1-3-5-7-9-11-13-15-17-18-20-22-24-26-31-35-39-46(53)56-42(36-32-28-25-23-21-19-16-14-12-10-8-6-4-2)37-33-29-27-30-34-38-44(51)48-40-45(52)49-43(41-50)47(54)55/h42-43,50H,3-41H2,1-2H3,(H,48,51)(H,49,52)(H,54,55). The minimum atomic E-state index is -1.38. The van der Waals surface area contributed by atoms with Crippen molar-refractivity contribution in [1.82, 2.24) is 10.6 Å². The first kappa shape index (κ1) is 53.8. The van der Waals surface area contributed by atoms with E-state index in [2.05, 4.69) is 24.5 Å². The molecule has 0 spiro atoms. The molecule has 0 heterocycles. The van der Waals surface area contributed by atoms with Crippen molar-refractivity contribution in [2.45, 2.75) is 264 Å². The Bertz CT molecular complexity index is 915. The maximum absolute atomic E-state index is 12.8. The van der Waals surface area contributed by atoms with E-state index in [1.54, 1.807) is 0 Å². The van der Waals surface area contributed by atoms with Gasteiger partial charge >= 0.3 is 11.9 Å². The fraction of sp³-hybridized carbons (Fsp3) is 0.915. The Morgan fingerprint density at radius 3 is 1.16 bits per heavy atom. The Morgan fingerprint density at radius 1 is 0.464 bits per heavy atom. The molecule has 0 fully saturated rings. The monoisotopic (exact) mass is 795 g/mol. The number of carboxylic acids is 1. The quantitative estimate of drug-likeness (QED) is 0.0355. The average molecular weight is 795 g/mol. The third kappa shape index (κ3) is 38.7. The zero-order valence-electron chi connectivity index (χ0n) is 36.7. The number of aliphatic hydroxyl groups is 1. The van der Waals surface area contributed by atoms with Crippen LogP contribution in [0.4, 0.5) is 0 Å². The van der Waals surface area contributed by atoms with Crippen LogP contribution in [0.25, 0.3) is 0 Å². The number of aliphatic hydroxyl groups excluding tert-OH is 1. The summed E-state index contributed by atoms with van der Waals surface area (Å²) in [6.45, 7) is 3.52. The molecule has 2 amide bonds. The number of aliphatic carboxylic acids is 1. The first-order valence-electron chi connectivity index (χ1n) is 23.9. The predicted octanol–water partition coefficient (Wildman–Crippen LogP) is 12.0. The van der Waals surface area contributed by atoms with Gasteiger partial charge in [0, 0.05) is 12.8 Å². The van der Waals surface area contributed by atoms with E-state index < -0.39 is 24.5 Å². The summed E-state index contributed by atoms with van der Waals surface area (Å²) in [6, 6.07) is -1.38. The number of carbonyl (C=O) groups excluding carboxylic acids is 3. The molecule has 0 saturated heterocycles. The van der Waals surface area contributed by atoms with Crippen LogP contribution in [-0.4, -0.2) is 59.3 Å². The second-order valence-electron chi connectivity index (χ2n) is 16.6. The number of unbranched alkanes of at least 4 members (excludes halogenated alkanes) is 30. The molecule has 2 unspecified atom stereocenters. The van der Waals surface area contributed by atoms with Crippen molar-refractivity contribution in [1.29, 1.82) is 0 Å². The zero-order chi connectivity index (χ0) is 41.2. The highest BCUT2D eigenvalue weighted by atomic mass is 16.5. The van der Waals surface area contributed by atoms with Crippen LogP contribution in [0, 0.1) is 0 Å². The van der Waals surface area contributed by atoms with E-state index in [1.807, 2.05) is 0 Å². The van der Waals surface area contributed by atoms with Crippen molar-refractivity contribution < 1.29 is 34.1 Å². The lowest BCUT2D eigenvalue weighted by Gasteiger charge is -2.18. The van der Waals surface area contributed by atoms with E-state index in [1.165, 1.54) is 161 Å². The molecule has 2 atom stereocenters. The molecule has 0 saturated carbocycles. The summed E-state index contributed by atoms with van der Waals surface area (Å²) in [7, 11) is 0. The summed E-state index contributed by atoms with van der Waals surface area (Å²) >= 11 is 0. The van der Waals surface area contributed by atoms with Gasteiger partial charge in [0.15, 0.2) is 0 Å². The SMILES string of the molecule is CCCCCCCCCCCCCCCCCC(=O)OC(CCCCCCCCCCCCCCC)CCCCCCCC(=O)NCC(=O)NC(CO)C(=O)O. The largest absolute Gasteiger partial charge is 0.480 e. The molecule has 9 heteroatoms. The Labute approximate surface area is 344 Å². The van der Waals surface area contributed by atoms with Crippen LogP contribution in [0.2, 0.25) is 0 Å². The van der Waals surface area contributed by atoms with Crippen molar-refractivity contribution in [3.63, 3.8) is 0 Å². The third-order valence-electron chi connectivity index (χ3n) is 11.1. The van der Waals surface area contributed by atoms with Crippen LogP contribution in [-0.2, 0) is 23.9 Å². The molecule has 0 aromatic rings. The summed E-state index contributed by atoms with van der Waals surface area (Å²) in [5.74, 6) is -2.26. The minimum Gasteiger partial charge on any atom is -0.480 e. The molecule has 0 radical (unpaired) electrons. The number of esters is 1. The van der Waals surface area contributed by atoms with E-state index in [-0.39, 0.29) is 24.5 Å². The summed E-state index contributed by atoms with van der Waals surface area (Å²) < 4.78 is 6.06. The molecule has 0 bridgehead atoms. The maximum atomic E-state index is 12.8. The van der Waals surface area contributed by atoms with Gasteiger partial charge in [-0.25, -0.2) is 4.79 Å². The molecule has 0 aromatic carbocycles. The highest BCUT2D eigenvalue weighted by Crippen LogP contribution is 2.19. The molecule has 330 valence electrons. The van der Waals surface area contributed by atoms with Crippen LogP contribution in [0.1, 0.15) is 251 Å². The van der Waals surface area contributed by atoms with Crippen LogP contribution in [0.5, 0.6) is 0 Å². The predicted molar refractivity (Wildman–Crippen MR) is 232 cm³/mol. The van der Waals surface area contributed by atoms with Gasteiger partial charge < -0.3 is 25.6 Å². The van der Waals surface area contributed by atoms with Gasteiger partial charge in [0.1, 0.15) is 12.1 Å². The first-order valence-corrected chi connectivity index (χ1v) is 23.9. The molecule has 9 nitrogen and oxygen atoms in total. The Kier molecular flexibility index (Phi) is 40.8. The van der Waals surface area contributed by atoms with Crippen molar-refractivity contribution in [3.8, 4) is 0 Å². The number of rotatable bonds is 44. The zero-order valence-corrected chi connectivity index (χ0v) is 36.7. The maximum Gasteiger partial charge on any atom is 0.328 e. The van der Waals surface area contributed by atoms with Gasteiger partial charge in [-0.05, 0) is 38.5 Å². The van der Waals surface area contributed by atoms with Crippen LogP contribution in [0.3, 0.4) is 0 Å². The molecule has 0 rings (SSSR count). The van der Waals surface area contributed by atoms with E-state index in [9.17, 15) is 19.2 Å². The lowest BCUT2D eigenvalue weighted by Crippen LogP contribution is -2.47. The Hall–Kier alpha value is -2.16. The van der Waals surface area contributed by atoms with E-state index in [4.69, 9.17) is 14.9 Å². The second-order valence-corrected chi connectivity index (χ2v) is 16.6. The van der Waals surface area contributed by atoms with Gasteiger partial charge in [-0.15, -0.1) is 0 Å². The summed E-state index contributed by atoms with van der Waals surface area (Å²) in [6.07, 6.45) is 44.1. The lowest BCUT2D eigenvalue weighted by atomic mass is 10.0. The topological polar surface area (TPSA) is 142 Å². The van der Waals surface area contributed by atoms with E-state index in [0.717, 1.165) is 57.8 Å². The fourth-order valence-electron chi connectivity index (χ4n) is 7.42. The molecule has 4 N–H and O–H groups in total. The second kappa shape index (κ2) is 42.4. The van der Waals surface area contributed by atoms with Crippen molar-refractivity contribution >= 4 is 23.8 Å². The Morgan fingerprint density at radius 2 is 0.804 bits per heavy atom. The fourth-order valence-corrected chi connectivity index (χ4v) is 7.42. The lowest BCUT2D eigenvalue weighted by molar-refractivity contribution is -0.150. The van der Waals surface area contributed by atoms with Gasteiger partial charge in [0.25, 0.3) is 0 Å². The number of carboxylic acid groups (broad SMARTS) is 1. The van der Waals surface area contributed by atoms with Crippen molar-refractivity contribution in [3.05, 3.63) is 0 Å². The highest BCUT2D eigenvalue weighted by molar-refractivity contribution is 5.87. The average Bonchev–Trinajstić information content (AvgIpc) is 3.18. The molecule has 56 heavy (non-hydrogen) atoms. The smallest absolute Gasteiger partial charge is 0.328 e. The minimum absolute atomic E-state index is 0.00460. The summed E-state index contributed by atoms with van der Waals surface area (Å²) in [4.78, 5) is 47.7.